The first-order chi connectivity index (χ1) is 15.1. The molecule has 2 aliphatic rings. The van der Waals surface area contributed by atoms with E-state index in [9.17, 15) is 9.59 Å². The molecule has 0 radical (unpaired) electrons. The Labute approximate surface area is 181 Å². The summed E-state index contributed by atoms with van der Waals surface area (Å²) in [5, 5.41) is 5.91. The van der Waals surface area contributed by atoms with E-state index in [1.165, 1.54) is 0 Å². The Bertz CT molecular complexity index is 941. The van der Waals surface area contributed by atoms with E-state index >= 15 is 0 Å². The number of likely N-dealkylation sites (tertiary alicyclic amines) is 1. The van der Waals surface area contributed by atoms with Gasteiger partial charge in [-0.05, 0) is 44.1 Å². The summed E-state index contributed by atoms with van der Waals surface area (Å²) in [5.41, 5.74) is 1.64. The fraction of sp³-hybridized carbons (Fsp3) is 0.391. The number of nitrogens with zero attached hydrogens (tertiary/aromatic N) is 1. The number of hydrogen-bond donors (Lipinski definition) is 2. The molecule has 2 aromatic rings. The quantitative estimate of drug-likeness (QED) is 0.708. The van der Waals surface area contributed by atoms with Crippen molar-refractivity contribution >= 4 is 17.5 Å². The second-order valence-corrected chi connectivity index (χ2v) is 7.70. The second kappa shape index (κ2) is 9.70. The van der Waals surface area contributed by atoms with Crippen molar-refractivity contribution in [3.05, 3.63) is 48.0 Å². The summed E-state index contributed by atoms with van der Waals surface area (Å²) in [6.45, 7) is 2.38. The third-order valence-electron chi connectivity index (χ3n) is 5.63. The zero-order valence-electron chi connectivity index (χ0n) is 17.6. The Hall–Kier alpha value is -3.26. The van der Waals surface area contributed by atoms with Crippen LogP contribution in [0.1, 0.15) is 18.4 Å². The van der Waals surface area contributed by atoms with E-state index in [4.69, 9.17) is 14.2 Å². The maximum absolute atomic E-state index is 12.6. The van der Waals surface area contributed by atoms with E-state index in [0.29, 0.717) is 43.4 Å². The van der Waals surface area contributed by atoms with E-state index < -0.39 is 0 Å². The molecular formula is C23H27N3O5. The fourth-order valence-corrected chi connectivity index (χ4v) is 3.87. The zero-order valence-corrected chi connectivity index (χ0v) is 17.6. The average molecular weight is 425 g/mol. The summed E-state index contributed by atoms with van der Waals surface area (Å²) in [5.74, 6) is 1.99. The molecule has 0 saturated carbocycles. The van der Waals surface area contributed by atoms with Crippen molar-refractivity contribution < 1.29 is 23.8 Å². The third-order valence-corrected chi connectivity index (χ3v) is 5.63. The third kappa shape index (κ3) is 5.27. The normalized spacial score (nSPS) is 16.0. The summed E-state index contributed by atoms with van der Waals surface area (Å²) >= 11 is 0. The van der Waals surface area contributed by atoms with Gasteiger partial charge in [0, 0.05) is 29.8 Å². The lowest BCUT2D eigenvalue weighted by Gasteiger charge is -2.30. The second-order valence-electron chi connectivity index (χ2n) is 7.70. The molecule has 4 rings (SSSR count). The van der Waals surface area contributed by atoms with Crippen LogP contribution in [0, 0.1) is 5.92 Å². The first-order valence-electron chi connectivity index (χ1n) is 10.4. The maximum Gasteiger partial charge on any atom is 0.234 e. The number of methoxy groups -OCH3 is 1. The number of carbonyl (C=O) groups is 2. The van der Waals surface area contributed by atoms with Crippen LogP contribution in [0.2, 0.25) is 0 Å². The van der Waals surface area contributed by atoms with Gasteiger partial charge in [0.2, 0.25) is 18.6 Å². The molecule has 0 atom stereocenters. The Morgan fingerprint density at radius 3 is 2.68 bits per heavy atom. The highest BCUT2D eigenvalue weighted by Gasteiger charge is 2.26. The summed E-state index contributed by atoms with van der Waals surface area (Å²) < 4.78 is 16.0. The van der Waals surface area contributed by atoms with Crippen molar-refractivity contribution in [1.29, 1.82) is 0 Å². The minimum atomic E-state index is -0.0710. The Morgan fingerprint density at radius 1 is 1.10 bits per heavy atom. The largest absolute Gasteiger partial charge is 0.496 e. The van der Waals surface area contributed by atoms with Gasteiger partial charge in [0.25, 0.3) is 0 Å². The Kier molecular flexibility index (Phi) is 6.57. The predicted molar refractivity (Wildman–Crippen MR) is 115 cm³/mol. The number of piperidine rings is 1. The van der Waals surface area contributed by atoms with Crippen LogP contribution < -0.4 is 24.8 Å². The SMILES string of the molecule is COc1ccccc1CNC(=O)CN1CCC(C(=O)Nc2ccc3c(c2)OCO3)CC1. The molecule has 0 aliphatic carbocycles. The van der Waals surface area contributed by atoms with Crippen molar-refractivity contribution in [2.24, 2.45) is 5.92 Å². The molecule has 2 amide bonds. The van der Waals surface area contributed by atoms with Crippen molar-refractivity contribution in [3.8, 4) is 17.2 Å². The topological polar surface area (TPSA) is 89.1 Å². The van der Waals surface area contributed by atoms with Crippen LogP contribution in [-0.4, -0.2) is 50.3 Å². The molecular weight excluding hydrogens is 398 g/mol. The van der Waals surface area contributed by atoms with E-state index in [1.54, 1.807) is 19.2 Å². The van der Waals surface area contributed by atoms with Gasteiger partial charge in [0.15, 0.2) is 11.5 Å². The van der Waals surface area contributed by atoms with Crippen molar-refractivity contribution in [3.63, 3.8) is 0 Å². The summed E-state index contributed by atoms with van der Waals surface area (Å²) in [7, 11) is 1.62. The van der Waals surface area contributed by atoms with Crippen LogP contribution in [0.25, 0.3) is 0 Å². The standard InChI is InChI=1S/C23H27N3O5/c1-29-19-5-3-2-4-17(19)13-24-22(27)14-26-10-8-16(9-11-26)23(28)25-18-6-7-20-21(12-18)31-15-30-20/h2-7,12,16H,8-11,13-15H2,1H3,(H,24,27)(H,25,28). The molecule has 1 saturated heterocycles. The van der Waals surface area contributed by atoms with Gasteiger partial charge in [0.05, 0.1) is 13.7 Å². The van der Waals surface area contributed by atoms with Crippen LogP contribution in [0.3, 0.4) is 0 Å². The van der Waals surface area contributed by atoms with Gasteiger partial charge in [-0.15, -0.1) is 0 Å². The average Bonchev–Trinajstić information content (AvgIpc) is 3.26. The lowest BCUT2D eigenvalue weighted by molar-refractivity contribution is -0.123. The highest BCUT2D eigenvalue weighted by Crippen LogP contribution is 2.34. The molecule has 2 heterocycles. The lowest BCUT2D eigenvalue weighted by atomic mass is 9.95. The van der Waals surface area contributed by atoms with E-state index in [0.717, 1.165) is 24.2 Å². The number of ether oxygens (including phenoxy) is 3. The number of benzene rings is 2. The Balaban J connectivity index is 1.20. The minimum absolute atomic E-state index is 0.000797. The number of carbonyl (C=O) groups excluding carboxylic acids is 2. The fourth-order valence-electron chi connectivity index (χ4n) is 3.87. The lowest BCUT2D eigenvalue weighted by Crippen LogP contribution is -2.43. The minimum Gasteiger partial charge on any atom is -0.496 e. The highest BCUT2D eigenvalue weighted by atomic mass is 16.7. The first-order valence-corrected chi connectivity index (χ1v) is 10.4. The molecule has 0 spiro atoms. The molecule has 8 heteroatoms. The molecule has 2 N–H and O–H groups in total. The highest BCUT2D eigenvalue weighted by molar-refractivity contribution is 5.93. The van der Waals surface area contributed by atoms with Crippen molar-refractivity contribution in [1.82, 2.24) is 10.2 Å². The number of nitrogens with one attached hydrogen (secondary N) is 2. The monoisotopic (exact) mass is 425 g/mol. The van der Waals surface area contributed by atoms with Crippen LogP contribution in [-0.2, 0) is 16.1 Å². The molecule has 0 aromatic heterocycles. The summed E-state index contributed by atoms with van der Waals surface area (Å²) in [6.07, 6.45) is 1.44. The van der Waals surface area contributed by atoms with E-state index in [2.05, 4.69) is 15.5 Å². The zero-order chi connectivity index (χ0) is 21.6. The summed E-state index contributed by atoms with van der Waals surface area (Å²) in [6, 6.07) is 13.0. The number of para-hydroxylation sites is 1. The van der Waals surface area contributed by atoms with Crippen LogP contribution in [0.5, 0.6) is 17.2 Å². The van der Waals surface area contributed by atoms with Gasteiger partial charge < -0.3 is 24.8 Å². The van der Waals surface area contributed by atoms with Gasteiger partial charge in [-0.25, -0.2) is 0 Å². The molecule has 0 bridgehead atoms. The molecule has 2 aliphatic heterocycles. The molecule has 31 heavy (non-hydrogen) atoms. The Morgan fingerprint density at radius 2 is 1.87 bits per heavy atom. The molecule has 164 valence electrons. The molecule has 1 fully saturated rings. The molecule has 0 unspecified atom stereocenters. The molecule has 2 aromatic carbocycles. The predicted octanol–water partition coefficient (Wildman–Crippen LogP) is 2.39. The van der Waals surface area contributed by atoms with Crippen LogP contribution >= 0.6 is 0 Å². The van der Waals surface area contributed by atoms with E-state index in [1.807, 2.05) is 30.3 Å². The van der Waals surface area contributed by atoms with Gasteiger partial charge in [-0.3, -0.25) is 14.5 Å². The van der Waals surface area contributed by atoms with Gasteiger partial charge in [-0.2, -0.15) is 0 Å². The van der Waals surface area contributed by atoms with Crippen molar-refractivity contribution in [2.75, 3.05) is 38.9 Å². The first kappa shape index (κ1) is 21.0. The van der Waals surface area contributed by atoms with Gasteiger partial charge in [0.1, 0.15) is 5.75 Å². The van der Waals surface area contributed by atoms with Crippen LogP contribution in [0.15, 0.2) is 42.5 Å². The van der Waals surface area contributed by atoms with Crippen LogP contribution in [0.4, 0.5) is 5.69 Å². The number of amides is 2. The number of anilines is 1. The van der Waals surface area contributed by atoms with E-state index in [-0.39, 0.29) is 24.5 Å². The number of fused-ring (bicyclic) bond motifs is 1. The maximum atomic E-state index is 12.6. The molecule has 8 nitrogen and oxygen atoms in total. The number of hydrogen-bond acceptors (Lipinski definition) is 6. The summed E-state index contributed by atoms with van der Waals surface area (Å²) in [4.78, 5) is 27.0. The smallest absolute Gasteiger partial charge is 0.234 e. The number of rotatable bonds is 7. The van der Waals surface area contributed by atoms with Gasteiger partial charge >= 0.3 is 0 Å². The van der Waals surface area contributed by atoms with Crippen molar-refractivity contribution in [2.45, 2.75) is 19.4 Å². The van der Waals surface area contributed by atoms with Gasteiger partial charge in [-0.1, -0.05) is 18.2 Å².